The zero-order valence-electron chi connectivity index (χ0n) is 22.5. The number of aliphatic imine (C=N–C) groups is 1. The van der Waals surface area contributed by atoms with Crippen LogP contribution in [-0.4, -0.2) is 64.6 Å². The Morgan fingerprint density at radius 3 is 2.55 bits per heavy atom. The Bertz CT molecular complexity index is 1670. The first kappa shape index (κ1) is 29.3. The van der Waals surface area contributed by atoms with Crippen molar-refractivity contribution in [2.24, 2.45) is 4.99 Å². The summed E-state index contributed by atoms with van der Waals surface area (Å²) in [7, 11) is 4.06. The number of amides is 1. The summed E-state index contributed by atoms with van der Waals surface area (Å²) in [4.78, 5) is 31.0. The van der Waals surface area contributed by atoms with E-state index < -0.39 is 11.6 Å². The van der Waals surface area contributed by atoms with Gasteiger partial charge in [-0.1, -0.05) is 37.2 Å². The summed E-state index contributed by atoms with van der Waals surface area (Å²) >= 11 is 6.32. The van der Waals surface area contributed by atoms with Gasteiger partial charge in [-0.3, -0.25) is 9.79 Å². The molecule has 7 nitrogen and oxygen atoms in total. The molecule has 1 amide bonds. The van der Waals surface area contributed by atoms with E-state index in [9.17, 15) is 13.6 Å². The summed E-state index contributed by atoms with van der Waals surface area (Å²) in [6.07, 6.45) is 2.59. The Morgan fingerprint density at radius 1 is 1.05 bits per heavy atom. The van der Waals surface area contributed by atoms with Gasteiger partial charge < -0.3 is 15.1 Å². The van der Waals surface area contributed by atoms with E-state index in [1.54, 1.807) is 36.5 Å². The molecule has 0 aliphatic carbocycles. The van der Waals surface area contributed by atoms with Crippen molar-refractivity contribution >= 4 is 34.9 Å². The fourth-order valence-electron chi connectivity index (χ4n) is 5.31. The molecule has 1 aromatic heterocycles. The van der Waals surface area contributed by atoms with Gasteiger partial charge >= 0.3 is 0 Å². The SMILES string of the molecule is C.CN(C)C1CCN(C(=O)c2cccc(Nc3ncc4c(n3)-c3ccc(Cl)cc3C(c3c(F)cccc3F)=NC4)c2)C1. The summed E-state index contributed by atoms with van der Waals surface area (Å²) < 4.78 is 29.6. The molecule has 0 radical (unpaired) electrons. The van der Waals surface area contributed by atoms with Gasteiger partial charge in [0.1, 0.15) is 11.6 Å². The lowest BCUT2D eigenvalue weighted by Crippen LogP contribution is -2.34. The first-order valence-corrected chi connectivity index (χ1v) is 13.6. The number of anilines is 2. The molecule has 3 aromatic carbocycles. The molecule has 1 fully saturated rings. The van der Waals surface area contributed by atoms with Gasteiger partial charge in [-0.2, -0.15) is 0 Å². The highest BCUT2D eigenvalue weighted by Gasteiger charge is 2.28. The number of rotatable bonds is 5. The highest BCUT2D eigenvalue weighted by atomic mass is 35.5. The molecule has 3 heterocycles. The van der Waals surface area contributed by atoms with Crippen LogP contribution in [0.15, 0.2) is 71.9 Å². The molecule has 1 atom stereocenters. The minimum Gasteiger partial charge on any atom is -0.337 e. The van der Waals surface area contributed by atoms with Crippen LogP contribution in [0.25, 0.3) is 11.3 Å². The third-order valence-corrected chi connectivity index (χ3v) is 7.75. The van der Waals surface area contributed by atoms with Crippen molar-refractivity contribution in [1.82, 2.24) is 19.8 Å². The molecule has 4 aromatic rings. The number of likely N-dealkylation sites (N-methyl/N-ethyl adjacent to an activating group) is 1. The van der Waals surface area contributed by atoms with Crippen molar-refractivity contribution in [2.45, 2.75) is 26.4 Å². The average Bonchev–Trinajstić information content (AvgIpc) is 3.40. The summed E-state index contributed by atoms with van der Waals surface area (Å²) in [5.74, 6) is -1.13. The van der Waals surface area contributed by atoms with Gasteiger partial charge in [-0.15, -0.1) is 0 Å². The maximum absolute atomic E-state index is 14.8. The molecule has 216 valence electrons. The summed E-state index contributed by atoms with van der Waals surface area (Å²) in [6, 6.07) is 16.4. The van der Waals surface area contributed by atoms with Crippen molar-refractivity contribution in [3.05, 3.63) is 106 Å². The van der Waals surface area contributed by atoms with Gasteiger partial charge in [-0.05, 0) is 63.0 Å². The van der Waals surface area contributed by atoms with E-state index in [1.807, 2.05) is 31.1 Å². The van der Waals surface area contributed by atoms with Gasteiger partial charge in [0.25, 0.3) is 5.91 Å². The standard InChI is InChI=1S/C31H27ClF2N6O.CH4/c1-39(2)22-11-12-40(17-22)30(41)18-5-3-6-21(13-18)37-31-36-16-19-15-35-29(27-25(33)7-4-8-26(27)34)24-14-20(32)9-10-23(24)28(19)38-31;/h3-10,13-14,16,22H,11-12,15,17H2,1-2H3,(H,36,37,38);1H4. The van der Waals surface area contributed by atoms with E-state index in [4.69, 9.17) is 16.6 Å². The number of hydrogen-bond donors (Lipinski definition) is 1. The van der Waals surface area contributed by atoms with Crippen molar-refractivity contribution in [2.75, 3.05) is 32.5 Å². The van der Waals surface area contributed by atoms with Gasteiger partial charge in [0.05, 0.1) is 23.5 Å². The van der Waals surface area contributed by atoms with E-state index in [0.29, 0.717) is 57.2 Å². The lowest BCUT2D eigenvalue weighted by Gasteiger charge is -2.20. The van der Waals surface area contributed by atoms with Crippen LogP contribution in [0, 0.1) is 11.6 Å². The van der Waals surface area contributed by atoms with Gasteiger partial charge in [-0.25, -0.2) is 18.7 Å². The fraction of sp³-hybridized carbons (Fsp3) is 0.250. The van der Waals surface area contributed by atoms with Crippen LogP contribution in [0.2, 0.25) is 5.02 Å². The molecule has 1 N–H and O–H groups in total. The Hall–Kier alpha value is -4.21. The molecular weight excluding hydrogens is 558 g/mol. The molecule has 0 bridgehead atoms. The number of benzene rings is 3. The second-order valence-electron chi connectivity index (χ2n) is 10.4. The molecule has 2 aliphatic heterocycles. The number of hydrogen-bond acceptors (Lipinski definition) is 6. The maximum atomic E-state index is 14.8. The van der Waals surface area contributed by atoms with Gasteiger partial charge in [0.2, 0.25) is 5.95 Å². The van der Waals surface area contributed by atoms with E-state index in [-0.39, 0.29) is 31.2 Å². The minimum absolute atomic E-state index is 0. The maximum Gasteiger partial charge on any atom is 0.253 e. The number of nitrogens with one attached hydrogen (secondary N) is 1. The fourth-order valence-corrected chi connectivity index (χ4v) is 5.48. The zero-order valence-corrected chi connectivity index (χ0v) is 23.3. The highest BCUT2D eigenvalue weighted by Crippen LogP contribution is 2.35. The number of fused-ring (bicyclic) bond motifs is 3. The molecule has 2 aliphatic rings. The van der Waals surface area contributed by atoms with Crippen LogP contribution < -0.4 is 5.32 Å². The average molecular weight is 589 g/mol. The zero-order chi connectivity index (χ0) is 28.7. The largest absolute Gasteiger partial charge is 0.337 e. The normalized spacial score (nSPS) is 15.8. The van der Waals surface area contributed by atoms with Crippen LogP contribution in [0.1, 0.15) is 40.9 Å². The number of aromatic nitrogens is 2. The lowest BCUT2D eigenvalue weighted by atomic mass is 9.95. The number of carbonyl (C=O) groups excluding carboxylic acids is 1. The summed E-state index contributed by atoms with van der Waals surface area (Å²) in [6.45, 7) is 1.54. The predicted octanol–water partition coefficient (Wildman–Crippen LogP) is 6.58. The van der Waals surface area contributed by atoms with E-state index in [2.05, 4.69) is 20.2 Å². The van der Waals surface area contributed by atoms with Crippen molar-refractivity contribution in [1.29, 1.82) is 0 Å². The van der Waals surface area contributed by atoms with E-state index in [1.165, 1.54) is 18.2 Å². The Kier molecular flexibility index (Phi) is 8.34. The number of carbonyl (C=O) groups is 1. The van der Waals surface area contributed by atoms with Crippen LogP contribution >= 0.6 is 11.6 Å². The van der Waals surface area contributed by atoms with Crippen LogP contribution in [0.4, 0.5) is 20.4 Å². The minimum atomic E-state index is -0.713. The van der Waals surface area contributed by atoms with Crippen molar-refractivity contribution < 1.29 is 13.6 Å². The van der Waals surface area contributed by atoms with Crippen molar-refractivity contribution in [3.63, 3.8) is 0 Å². The van der Waals surface area contributed by atoms with Gasteiger partial charge in [0.15, 0.2) is 0 Å². The molecular formula is C32H31ClF2N6O. The molecule has 42 heavy (non-hydrogen) atoms. The van der Waals surface area contributed by atoms with E-state index in [0.717, 1.165) is 13.0 Å². The topological polar surface area (TPSA) is 73.7 Å². The molecule has 1 unspecified atom stereocenters. The van der Waals surface area contributed by atoms with Crippen LogP contribution in [-0.2, 0) is 6.54 Å². The first-order valence-electron chi connectivity index (χ1n) is 13.3. The molecule has 6 rings (SSSR count). The molecule has 0 spiro atoms. The van der Waals surface area contributed by atoms with Crippen LogP contribution in [0.3, 0.4) is 0 Å². The monoisotopic (exact) mass is 588 g/mol. The lowest BCUT2D eigenvalue weighted by molar-refractivity contribution is 0.0783. The summed E-state index contributed by atoms with van der Waals surface area (Å²) in [5, 5.41) is 3.61. The molecule has 10 heteroatoms. The smallest absolute Gasteiger partial charge is 0.253 e. The summed E-state index contributed by atoms with van der Waals surface area (Å²) in [5.41, 5.74) is 3.55. The second kappa shape index (κ2) is 12.0. The Morgan fingerprint density at radius 2 is 1.81 bits per heavy atom. The molecule has 1 saturated heterocycles. The number of nitrogens with zero attached hydrogens (tertiary/aromatic N) is 5. The first-order chi connectivity index (χ1) is 19.8. The van der Waals surface area contributed by atoms with Gasteiger partial charge in [0, 0.05) is 58.3 Å². The Balaban J connectivity index is 0.00000353. The predicted molar refractivity (Wildman–Crippen MR) is 163 cm³/mol. The Labute approximate surface area is 248 Å². The van der Waals surface area contributed by atoms with E-state index >= 15 is 0 Å². The molecule has 0 saturated carbocycles. The number of halogens is 3. The second-order valence-corrected chi connectivity index (χ2v) is 10.8. The highest BCUT2D eigenvalue weighted by molar-refractivity contribution is 6.31. The quantitative estimate of drug-likeness (QED) is 0.285. The third kappa shape index (κ3) is 5.62. The number of likely N-dealkylation sites (tertiary alicyclic amines) is 1. The van der Waals surface area contributed by atoms with Crippen LogP contribution in [0.5, 0.6) is 0 Å². The van der Waals surface area contributed by atoms with Crippen molar-refractivity contribution in [3.8, 4) is 11.3 Å². The third-order valence-electron chi connectivity index (χ3n) is 7.51.